The van der Waals surface area contributed by atoms with E-state index in [1.165, 1.54) is 22.2 Å². The molecule has 1 aromatic carbocycles. The summed E-state index contributed by atoms with van der Waals surface area (Å²) in [6.07, 6.45) is 5.04. The van der Waals surface area contributed by atoms with Crippen molar-refractivity contribution in [2.75, 3.05) is 11.9 Å². The monoisotopic (exact) mass is 483 g/mol. The average molecular weight is 484 g/mol. The lowest BCUT2D eigenvalue weighted by Crippen LogP contribution is -2.30. The van der Waals surface area contributed by atoms with E-state index in [9.17, 15) is 9.59 Å². The molecule has 1 aliphatic heterocycles. The molecule has 2 aliphatic rings. The summed E-state index contributed by atoms with van der Waals surface area (Å²) < 4.78 is 7.61. The average Bonchev–Trinajstić information content (AvgIpc) is 3.44. The highest BCUT2D eigenvalue weighted by molar-refractivity contribution is 8.00. The third-order valence-corrected chi connectivity index (χ3v) is 8.72. The highest BCUT2D eigenvalue weighted by Crippen LogP contribution is 2.37. The highest BCUT2D eigenvalue weighted by Gasteiger charge is 2.28. The zero-order chi connectivity index (χ0) is 22.9. The number of nitrogens with zero attached hydrogens (tertiary/aromatic N) is 2. The van der Waals surface area contributed by atoms with Crippen molar-refractivity contribution in [3.8, 4) is 0 Å². The summed E-state index contributed by atoms with van der Waals surface area (Å²) in [4.78, 5) is 33.7. The number of aromatic nitrogens is 2. The lowest BCUT2D eigenvalue weighted by molar-refractivity contribution is -0.115. The zero-order valence-corrected chi connectivity index (χ0v) is 20.6. The van der Waals surface area contributed by atoms with Crippen molar-refractivity contribution >= 4 is 44.9 Å². The molecule has 1 aliphatic carbocycles. The molecule has 1 amide bonds. The van der Waals surface area contributed by atoms with Crippen LogP contribution in [-0.4, -0.2) is 33.4 Å². The van der Waals surface area contributed by atoms with Crippen LogP contribution in [0.3, 0.4) is 0 Å². The van der Waals surface area contributed by atoms with Gasteiger partial charge in [0.05, 0.1) is 23.3 Å². The van der Waals surface area contributed by atoms with Crippen LogP contribution in [-0.2, 0) is 28.9 Å². The second-order valence-corrected chi connectivity index (χ2v) is 11.5. The summed E-state index contributed by atoms with van der Waals surface area (Å²) in [5.41, 5.74) is 1.97. The fraction of sp³-hybridized carbons (Fsp3) is 0.480. The Hall–Kier alpha value is -2.16. The minimum absolute atomic E-state index is 0.0146. The lowest BCUT2D eigenvalue weighted by atomic mass is 9.89. The maximum absolute atomic E-state index is 13.8. The molecule has 3 atom stereocenters. The number of hydrogen-bond acceptors (Lipinski definition) is 6. The first kappa shape index (κ1) is 22.6. The number of ether oxygens (including phenoxy) is 1. The number of benzene rings is 1. The highest BCUT2D eigenvalue weighted by atomic mass is 32.2. The molecule has 8 heteroatoms. The Labute approximate surface area is 201 Å². The molecule has 3 aromatic rings. The first-order chi connectivity index (χ1) is 16.0. The molecule has 3 unspecified atom stereocenters. The van der Waals surface area contributed by atoms with Gasteiger partial charge in [-0.05, 0) is 62.6 Å². The number of thioether (sulfide) groups is 1. The van der Waals surface area contributed by atoms with Crippen LogP contribution in [0.4, 0.5) is 5.69 Å². The maximum Gasteiger partial charge on any atom is 0.263 e. The van der Waals surface area contributed by atoms with Gasteiger partial charge in [0.2, 0.25) is 5.91 Å². The Morgan fingerprint density at radius 3 is 2.91 bits per heavy atom. The molecule has 174 valence electrons. The fourth-order valence-corrected chi connectivity index (χ4v) is 6.97. The Bertz CT molecular complexity index is 1220. The minimum atomic E-state index is -0.403. The van der Waals surface area contributed by atoms with E-state index >= 15 is 0 Å². The van der Waals surface area contributed by atoms with Crippen LogP contribution >= 0.6 is 23.1 Å². The molecule has 1 saturated heterocycles. The van der Waals surface area contributed by atoms with Gasteiger partial charge >= 0.3 is 0 Å². The quantitative estimate of drug-likeness (QED) is 0.400. The largest absolute Gasteiger partial charge is 0.376 e. The van der Waals surface area contributed by atoms with Gasteiger partial charge in [-0.1, -0.05) is 36.9 Å². The van der Waals surface area contributed by atoms with Gasteiger partial charge in [0.25, 0.3) is 5.56 Å². The number of aryl methyl sites for hydroxylation is 1. The second kappa shape index (κ2) is 9.60. The van der Waals surface area contributed by atoms with Gasteiger partial charge < -0.3 is 10.1 Å². The van der Waals surface area contributed by atoms with Crippen LogP contribution in [0.15, 0.2) is 40.3 Å². The summed E-state index contributed by atoms with van der Waals surface area (Å²) in [6.45, 7) is 5.35. The number of carbonyl (C=O) groups is 1. The van der Waals surface area contributed by atoms with Crippen LogP contribution in [0.2, 0.25) is 0 Å². The van der Waals surface area contributed by atoms with Crippen molar-refractivity contribution in [1.29, 1.82) is 0 Å². The van der Waals surface area contributed by atoms with E-state index in [1.54, 1.807) is 15.9 Å². The maximum atomic E-state index is 13.8. The minimum Gasteiger partial charge on any atom is -0.376 e. The second-order valence-electron chi connectivity index (χ2n) is 9.09. The standard InChI is InChI=1S/C25H29N3O3S2/c1-15-10-11-19-20(13-15)33-23-21(19)24(30)28(14-18-9-6-12-31-18)25(27-23)32-16(2)22(29)26-17-7-4-3-5-8-17/h3-5,7-8,15-16,18H,6,9-14H2,1-2H3,(H,26,29). The molecule has 5 rings (SSSR count). The van der Waals surface area contributed by atoms with E-state index in [0.717, 1.165) is 54.6 Å². The Morgan fingerprint density at radius 1 is 1.33 bits per heavy atom. The van der Waals surface area contributed by atoms with Gasteiger partial charge in [-0.15, -0.1) is 11.3 Å². The predicted molar refractivity (Wildman–Crippen MR) is 134 cm³/mol. The molecular formula is C25H29N3O3S2. The van der Waals surface area contributed by atoms with Crippen molar-refractivity contribution in [3.63, 3.8) is 0 Å². The molecule has 3 heterocycles. The van der Waals surface area contributed by atoms with Crippen LogP contribution in [0.1, 0.15) is 43.6 Å². The van der Waals surface area contributed by atoms with E-state index in [4.69, 9.17) is 9.72 Å². The van der Waals surface area contributed by atoms with Crippen LogP contribution in [0.25, 0.3) is 10.2 Å². The Balaban J connectivity index is 1.49. The molecule has 0 saturated carbocycles. The van der Waals surface area contributed by atoms with Gasteiger partial charge in [-0.3, -0.25) is 14.2 Å². The van der Waals surface area contributed by atoms with Gasteiger partial charge in [0.15, 0.2) is 5.16 Å². The van der Waals surface area contributed by atoms with E-state index in [1.807, 2.05) is 37.3 Å². The first-order valence-electron chi connectivity index (χ1n) is 11.7. The molecule has 0 bridgehead atoms. The number of hydrogen-bond donors (Lipinski definition) is 1. The van der Waals surface area contributed by atoms with E-state index < -0.39 is 5.25 Å². The van der Waals surface area contributed by atoms with Crippen molar-refractivity contribution in [1.82, 2.24) is 9.55 Å². The molecule has 0 radical (unpaired) electrons. The number of fused-ring (bicyclic) bond motifs is 3. The molecule has 2 aromatic heterocycles. The molecule has 0 spiro atoms. The smallest absolute Gasteiger partial charge is 0.263 e. The number of carbonyl (C=O) groups excluding carboxylic acids is 1. The van der Waals surface area contributed by atoms with E-state index in [2.05, 4.69) is 12.2 Å². The number of para-hydroxylation sites is 1. The summed E-state index contributed by atoms with van der Waals surface area (Å²) in [6, 6.07) is 9.43. The van der Waals surface area contributed by atoms with Crippen molar-refractivity contribution in [2.24, 2.45) is 5.92 Å². The summed E-state index contributed by atoms with van der Waals surface area (Å²) >= 11 is 3.00. The summed E-state index contributed by atoms with van der Waals surface area (Å²) in [5, 5.41) is 3.94. The van der Waals surface area contributed by atoms with Gasteiger partial charge in [-0.25, -0.2) is 4.98 Å². The molecular weight excluding hydrogens is 454 g/mol. The van der Waals surface area contributed by atoms with E-state index in [-0.39, 0.29) is 17.6 Å². The topological polar surface area (TPSA) is 73.2 Å². The van der Waals surface area contributed by atoms with Gasteiger partial charge in [0.1, 0.15) is 4.83 Å². The van der Waals surface area contributed by atoms with Crippen molar-refractivity contribution < 1.29 is 9.53 Å². The van der Waals surface area contributed by atoms with Gasteiger partial charge in [-0.2, -0.15) is 0 Å². The predicted octanol–water partition coefficient (Wildman–Crippen LogP) is 4.88. The van der Waals surface area contributed by atoms with Crippen LogP contribution < -0.4 is 10.9 Å². The number of rotatable bonds is 6. The number of thiophene rings is 1. The first-order valence-corrected chi connectivity index (χ1v) is 13.4. The fourth-order valence-electron chi connectivity index (χ4n) is 4.62. The molecule has 6 nitrogen and oxygen atoms in total. The SMILES string of the molecule is CC1CCc2c(sc3nc(SC(C)C(=O)Nc4ccccc4)n(CC4CCCO4)c(=O)c23)C1. The third-order valence-electron chi connectivity index (χ3n) is 6.48. The molecule has 1 N–H and O–H groups in total. The van der Waals surface area contributed by atoms with E-state index in [0.29, 0.717) is 17.6 Å². The van der Waals surface area contributed by atoms with Crippen LogP contribution in [0.5, 0.6) is 0 Å². The van der Waals surface area contributed by atoms with Crippen LogP contribution in [0, 0.1) is 5.92 Å². The third kappa shape index (κ3) is 4.74. The van der Waals surface area contributed by atoms with Crippen molar-refractivity contribution in [2.45, 2.75) is 69.0 Å². The summed E-state index contributed by atoms with van der Waals surface area (Å²) in [7, 11) is 0. The number of amides is 1. The molecule has 33 heavy (non-hydrogen) atoms. The van der Waals surface area contributed by atoms with Crippen molar-refractivity contribution in [3.05, 3.63) is 51.1 Å². The summed E-state index contributed by atoms with van der Waals surface area (Å²) in [5.74, 6) is 0.527. The zero-order valence-electron chi connectivity index (χ0n) is 19.0. The van der Waals surface area contributed by atoms with Gasteiger partial charge in [0, 0.05) is 17.2 Å². The number of nitrogens with one attached hydrogen (secondary N) is 1. The Kier molecular flexibility index (Phi) is 6.58. The normalized spacial score (nSPS) is 21.2. The lowest BCUT2D eigenvalue weighted by Gasteiger charge is -2.19. The molecule has 1 fully saturated rings. The Morgan fingerprint density at radius 2 is 2.15 bits per heavy atom. The number of anilines is 1.